The number of thioether (sulfide) groups is 1. The highest BCUT2D eigenvalue weighted by molar-refractivity contribution is 8.01. The molecule has 0 saturated heterocycles. The van der Waals surface area contributed by atoms with Crippen LogP contribution in [-0.2, 0) is 4.79 Å². The van der Waals surface area contributed by atoms with Gasteiger partial charge in [0.15, 0.2) is 0 Å². The van der Waals surface area contributed by atoms with Crippen LogP contribution in [0.25, 0.3) is 0 Å². The van der Waals surface area contributed by atoms with E-state index < -0.39 is 0 Å². The maximum Gasteiger partial charge on any atom is 0.247 e. The molecule has 1 N–H and O–H groups in total. The molecule has 1 amide bonds. The van der Waals surface area contributed by atoms with Gasteiger partial charge in [-0.15, -0.1) is 11.8 Å². The molecule has 68 valence electrons. The number of amides is 1. The van der Waals surface area contributed by atoms with Gasteiger partial charge in [0.05, 0.1) is 5.75 Å². The van der Waals surface area contributed by atoms with E-state index >= 15 is 0 Å². The summed E-state index contributed by atoms with van der Waals surface area (Å²) in [4.78, 5) is 14.8. The van der Waals surface area contributed by atoms with Gasteiger partial charge in [-0.1, -0.05) is 20.8 Å². The molecule has 0 radical (unpaired) electrons. The van der Waals surface area contributed by atoms with Crippen molar-refractivity contribution in [1.82, 2.24) is 5.32 Å². The van der Waals surface area contributed by atoms with E-state index in [0.29, 0.717) is 6.54 Å². The minimum Gasteiger partial charge on any atom is -0.312 e. The number of nitrogens with zero attached hydrogens (tertiary/aromatic N) is 1. The third-order valence-corrected chi connectivity index (χ3v) is 2.62. The summed E-state index contributed by atoms with van der Waals surface area (Å²) in [6, 6.07) is 0. The second-order valence-corrected chi connectivity index (χ2v) is 5.51. The zero-order valence-corrected chi connectivity index (χ0v) is 8.49. The highest BCUT2D eigenvalue weighted by Crippen LogP contribution is 2.22. The lowest BCUT2D eigenvalue weighted by Crippen LogP contribution is -2.27. The van der Waals surface area contributed by atoms with Crippen molar-refractivity contribution in [1.29, 1.82) is 0 Å². The average Bonchev–Trinajstić information content (AvgIpc) is 2.30. The third kappa shape index (κ3) is 3.26. The number of aliphatic imine (C=N–C) groups is 1. The Bertz CT molecular complexity index is 218. The predicted octanol–water partition coefficient (Wildman–Crippen LogP) is 1.05. The van der Waals surface area contributed by atoms with Crippen molar-refractivity contribution in [3.63, 3.8) is 0 Å². The van der Waals surface area contributed by atoms with Crippen LogP contribution in [0.5, 0.6) is 0 Å². The van der Waals surface area contributed by atoms with Crippen LogP contribution in [0.1, 0.15) is 20.8 Å². The van der Waals surface area contributed by atoms with Gasteiger partial charge in [-0.25, -0.2) is 0 Å². The molecule has 0 saturated carbocycles. The van der Waals surface area contributed by atoms with Gasteiger partial charge in [0.2, 0.25) is 5.91 Å². The Morgan fingerprint density at radius 1 is 1.58 bits per heavy atom. The van der Waals surface area contributed by atoms with Crippen molar-refractivity contribution >= 4 is 23.5 Å². The van der Waals surface area contributed by atoms with Crippen LogP contribution in [0.3, 0.4) is 0 Å². The smallest absolute Gasteiger partial charge is 0.247 e. The van der Waals surface area contributed by atoms with Crippen molar-refractivity contribution in [2.75, 3.05) is 12.3 Å². The Kier molecular flexibility index (Phi) is 2.77. The molecule has 0 aromatic carbocycles. The Morgan fingerprint density at radius 2 is 2.25 bits per heavy atom. The Balaban J connectivity index is 2.30. The van der Waals surface area contributed by atoms with E-state index in [1.807, 2.05) is 0 Å². The molecule has 1 aliphatic heterocycles. The molecule has 0 spiro atoms. The molecule has 1 aliphatic rings. The highest BCUT2D eigenvalue weighted by Gasteiger charge is 2.16. The summed E-state index contributed by atoms with van der Waals surface area (Å²) in [6.45, 7) is 6.75. The van der Waals surface area contributed by atoms with Crippen LogP contribution in [0.2, 0.25) is 0 Å². The topological polar surface area (TPSA) is 41.5 Å². The minimum atomic E-state index is 0.0134. The van der Waals surface area contributed by atoms with Crippen molar-refractivity contribution in [3.8, 4) is 0 Å². The average molecular weight is 186 g/mol. The first kappa shape index (κ1) is 9.58. The maximum absolute atomic E-state index is 10.7. The van der Waals surface area contributed by atoms with Gasteiger partial charge in [-0.3, -0.25) is 9.79 Å². The molecule has 0 unspecified atom stereocenters. The monoisotopic (exact) mass is 186 g/mol. The number of rotatable bonds is 2. The largest absolute Gasteiger partial charge is 0.312 e. The van der Waals surface area contributed by atoms with Crippen molar-refractivity contribution in [3.05, 3.63) is 0 Å². The fourth-order valence-corrected chi connectivity index (χ4v) is 1.51. The zero-order chi connectivity index (χ0) is 9.19. The molecule has 0 aromatic rings. The molecule has 0 aliphatic carbocycles. The second-order valence-electron chi connectivity index (χ2n) is 3.71. The molecule has 4 heteroatoms. The molecule has 0 bridgehead atoms. The van der Waals surface area contributed by atoms with Gasteiger partial charge < -0.3 is 5.32 Å². The number of carbonyl (C=O) groups excluding carboxylic acids is 1. The fraction of sp³-hybridized carbons (Fsp3) is 0.750. The Morgan fingerprint density at radius 3 is 2.67 bits per heavy atom. The van der Waals surface area contributed by atoms with E-state index in [1.54, 1.807) is 11.8 Å². The summed E-state index contributed by atoms with van der Waals surface area (Å²) in [5, 5.41) is 2.72. The van der Waals surface area contributed by atoms with E-state index in [0.717, 1.165) is 11.6 Å². The van der Waals surface area contributed by atoms with Gasteiger partial charge in [0.1, 0.15) is 12.4 Å². The van der Waals surface area contributed by atoms with Crippen molar-refractivity contribution < 1.29 is 4.79 Å². The summed E-state index contributed by atoms with van der Waals surface area (Å²) in [5.41, 5.74) is 0. The molecule has 0 aromatic heterocycles. The number of hydrogen-bond acceptors (Lipinski definition) is 3. The molecule has 1 rings (SSSR count). The summed E-state index contributed by atoms with van der Waals surface area (Å²) >= 11 is 1.79. The summed E-state index contributed by atoms with van der Waals surface area (Å²) in [5.74, 6) is 1.63. The first-order valence-electron chi connectivity index (χ1n) is 3.94. The number of nitrogens with one attached hydrogen (secondary N) is 1. The minimum absolute atomic E-state index is 0.0134. The molecule has 3 nitrogen and oxygen atoms in total. The Labute approximate surface area is 77.0 Å². The first-order valence-corrected chi connectivity index (χ1v) is 4.93. The van der Waals surface area contributed by atoms with Crippen LogP contribution < -0.4 is 5.32 Å². The van der Waals surface area contributed by atoms with E-state index in [2.05, 4.69) is 31.1 Å². The van der Waals surface area contributed by atoms with E-state index in [-0.39, 0.29) is 10.7 Å². The SMILES string of the molecule is CC(C)(C)SCC1=NCC(=O)N1. The van der Waals surface area contributed by atoms with Gasteiger partial charge in [0.25, 0.3) is 0 Å². The first-order chi connectivity index (χ1) is 5.47. The fourth-order valence-electron chi connectivity index (χ4n) is 0.774. The number of carbonyl (C=O) groups is 1. The van der Waals surface area contributed by atoms with Crippen molar-refractivity contribution in [2.45, 2.75) is 25.5 Å². The van der Waals surface area contributed by atoms with E-state index in [9.17, 15) is 4.79 Å². The molecule has 0 fully saturated rings. The lowest BCUT2D eigenvalue weighted by atomic mass is 10.3. The van der Waals surface area contributed by atoms with Crippen LogP contribution >= 0.6 is 11.8 Å². The molecule has 12 heavy (non-hydrogen) atoms. The van der Waals surface area contributed by atoms with Gasteiger partial charge in [0, 0.05) is 4.75 Å². The quantitative estimate of drug-likeness (QED) is 0.700. The van der Waals surface area contributed by atoms with E-state index in [4.69, 9.17) is 0 Å². The molecule has 1 heterocycles. The van der Waals surface area contributed by atoms with Crippen LogP contribution in [0.15, 0.2) is 4.99 Å². The van der Waals surface area contributed by atoms with Crippen LogP contribution in [0, 0.1) is 0 Å². The lowest BCUT2D eigenvalue weighted by molar-refractivity contribution is -0.117. The van der Waals surface area contributed by atoms with Gasteiger partial charge in [-0.05, 0) is 0 Å². The lowest BCUT2D eigenvalue weighted by Gasteiger charge is -2.16. The standard InChI is InChI=1S/C8H14N2OS/c1-8(2,3)12-5-6-9-4-7(11)10-6/h4-5H2,1-3H3,(H,9,10,11). The third-order valence-electron chi connectivity index (χ3n) is 1.34. The summed E-state index contributed by atoms with van der Waals surface area (Å²) < 4.78 is 0.232. The van der Waals surface area contributed by atoms with Crippen molar-refractivity contribution in [2.24, 2.45) is 4.99 Å². The molecule has 0 atom stereocenters. The van der Waals surface area contributed by atoms with Crippen LogP contribution in [0.4, 0.5) is 0 Å². The van der Waals surface area contributed by atoms with Gasteiger partial charge >= 0.3 is 0 Å². The summed E-state index contributed by atoms with van der Waals surface area (Å²) in [6.07, 6.45) is 0. The molecular formula is C8H14N2OS. The van der Waals surface area contributed by atoms with E-state index in [1.165, 1.54) is 0 Å². The number of amidine groups is 1. The predicted molar refractivity (Wildman–Crippen MR) is 52.7 cm³/mol. The van der Waals surface area contributed by atoms with Gasteiger partial charge in [-0.2, -0.15) is 0 Å². The normalized spacial score (nSPS) is 17.6. The number of hydrogen-bond donors (Lipinski definition) is 1. The maximum atomic E-state index is 10.7. The highest BCUT2D eigenvalue weighted by atomic mass is 32.2. The Hall–Kier alpha value is -0.510. The second kappa shape index (κ2) is 3.47. The zero-order valence-electron chi connectivity index (χ0n) is 7.68. The summed E-state index contributed by atoms with van der Waals surface area (Å²) in [7, 11) is 0. The molecular weight excluding hydrogens is 172 g/mol. The van der Waals surface area contributed by atoms with Crippen LogP contribution in [-0.4, -0.2) is 28.8 Å².